The lowest BCUT2D eigenvalue weighted by Crippen LogP contribution is -2.21. The van der Waals surface area contributed by atoms with Gasteiger partial charge in [0, 0.05) is 27.1 Å². The van der Waals surface area contributed by atoms with Crippen LogP contribution in [0, 0.1) is 0 Å². The molecular weight excluding hydrogens is 262 g/mol. The molecule has 106 valence electrons. The molecule has 0 spiro atoms. The van der Waals surface area contributed by atoms with Crippen LogP contribution in [-0.4, -0.2) is 51.0 Å². The summed E-state index contributed by atoms with van der Waals surface area (Å²) in [5.74, 6) is -1.69. The Kier molecular flexibility index (Phi) is 4.90. The first kappa shape index (κ1) is 15.0. The van der Waals surface area contributed by atoms with Crippen molar-refractivity contribution in [3.05, 3.63) is 11.4 Å². The zero-order valence-corrected chi connectivity index (χ0v) is 10.5. The van der Waals surface area contributed by atoms with Gasteiger partial charge in [-0.3, -0.25) is 4.79 Å². The molecule has 0 radical (unpaired) electrons. The third-order valence-electron chi connectivity index (χ3n) is 2.44. The summed E-state index contributed by atoms with van der Waals surface area (Å²) < 4.78 is 26.3. The van der Waals surface area contributed by atoms with E-state index in [1.165, 1.54) is 4.90 Å². The summed E-state index contributed by atoms with van der Waals surface area (Å²) in [6, 6.07) is 0. The number of rotatable bonds is 6. The van der Waals surface area contributed by atoms with Gasteiger partial charge < -0.3 is 10.0 Å². The number of carbonyl (C=O) groups excluding carboxylic acids is 1. The molecule has 1 aromatic rings. The van der Waals surface area contributed by atoms with Crippen LogP contribution in [0.5, 0.6) is 0 Å². The number of carboxylic acids is 1. The number of aromatic nitrogens is 3. The van der Waals surface area contributed by atoms with Crippen molar-refractivity contribution in [2.24, 2.45) is 0 Å². The summed E-state index contributed by atoms with van der Waals surface area (Å²) in [4.78, 5) is 23.4. The highest BCUT2D eigenvalue weighted by Gasteiger charge is 2.26. The zero-order chi connectivity index (χ0) is 14.6. The Bertz CT molecular complexity index is 473. The number of amides is 1. The molecule has 0 atom stereocenters. The van der Waals surface area contributed by atoms with E-state index in [0.29, 0.717) is 0 Å². The summed E-state index contributed by atoms with van der Waals surface area (Å²) in [6.45, 7) is 0.0134. The van der Waals surface area contributed by atoms with E-state index in [-0.39, 0.29) is 25.3 Å². The molecule has 1 aromatic heterocycles. The van der Waals surface area contributed by atoms with Crippen molar-refractivity contribution in [1.82, 2.24) is 19.9 Å². The minimum atomic E-state index is -2.98. The molecule has 9 heteroatoms. The maximum atomic E-state index is 12.8. The van der Waals surface area contributed by atoms with Crippen LogP contribution < -0.4 is 0 Å². The van der Waals surface area contributed by atoms with Gasteiger partial charge in [-0.05, 0) is 6.42 Å². The monoisotopic (exact) mass is 276 g/mol. The first-order valence-electron chi connectivity index (χ1n) is 5.49. The molecule has 0 aromatic carbocycles. The average Bonchev–Trinajstić information content (AvgIpc) is 2.72. The van der Waals surface area contributed by atoms with Gasteiger partial charge in [-0.25, -0.2) is 18.3 Å². The fourth-order valence-corrected chi connectivity index (χ4v) is 1.46. The van der Waals surface area contributed by atoms with Crippen molar-refractivity contribution < 1.29 is 23.5 Å². The number of hydrogen-bond acceptors (Lipinski definition) is 4. The first-order valence-corrected chi connectivity index (χ1v) is 5.49. The van der Waals surface area contributed by atoms with E-state index in [1.807, 2.05) is 0 Å². The second-order valence-corrected chi connectivity index (χ2v) is 4.04. The molecule has 0 aliphatic rings. The highest BCUT2D eigenvalue weighted by Crippen LogP contribution is 2.21. The third-order valence-corrected chi connectivity index (χ3v) is 2.44. The lowest BCUT2D eigenvalue weighted by atomic mass is 10.2. The maximum absolute atomic E-state index is 12.8. The molecule has 19 heavy (non-hydrogen) atoms. The van der Waals surface area contributed by atoms with Crippen LogP contribution in [0.4, 0.5) is 8.78 Å². The summed E-state index contributed by atoms with van der Waals surface area (Å²) in [6.07, 6.45) is -2.54. The summed E-state index contributed by atoms with van der Waals surface area (Å²) >= 11 is 0. The fourth-order valence-electron chi connectivity index (χ4n) is 1.46. The molecule has 0 aliphatic carbocycles. The van der Waals surface area contributed by atoms with Gasteiger partial charge in [0.05, 0.1) is 0 Å². The Morgan fingerprint density at radius 3 is 2.53 bits per heavy atom. The Labute approximate surface area is 107 Å². The average molecular weight is 276 g/mol. The second kappa shape index (κ2) is 6.21. The van der Waals surface area contributed by atoms with E-state index in [0.717, 1.165) is 4.68 Å². The Morgan fingerprint density at radius 1 is 1.42 bits per heavy atom. The van der Waals surface area contributed by atoms with Crippen LogP contribution in [0.3, 0.4) is 0 Å². The number of hydrogen-bond donors (Lipinski definition) is 1. The highest BCUT2D eigenvalue weighted by atomic mass is 19.3. The molecule has 0 unspecified atom stereocenters. The first-order chi connectivity index (χ1) is 8.84. The number of alkyl halides is 2. The van der Waals surface area contributed by atoms with Gasteiger partial charge in [-0.15, -0.1) is 5.10 Å². The topological polar surface area (TPSA) is 88.3 Å². The standard InChI is InChI=1S/C10H14F2N4O3/c1-15(2)6(17)4-3-5-16-8(9(11)12)7(10(18)19)13-14-16/h9H,3-5H2,1-2H3,(H,18,19). The van der Waals surface area contributed by atoms with Crippen molar-refractivity contribution in [3.63, 3.8) is 0 Å². The van der Waals surface area contributed by atoms with E-state index in [2.05, 4.69) is 10.3 Å². The molecular formula is C10H14F2N4O3. The predicted molar refractivity (Wildman–Crippen MR) is 59.9 cm³/mol. The zero-order valence-electron chi connectivity index (χ0n) is 10.5. The molecule has 0 fully saturated rings. The number of carboxylic acid groups (broad SMARTS) is 1. The minimum absolute atomic E-state index is 0.0134. The smallest absolute Gasteiger partial charge is 0.358 e. The summed E-state index contributed by atoms with van der Waals surface area (Å²) in [5.41, 5.74) is -1.49. The van der Waals surface area contributed by atoms with E-state index < -0.39 is 23.8 Å². The lowest BCUT2D eigenvalue weighted by molar-refractivity contribution is -0.128. The third kappa shape index (κ3) is 3.70. The largest absolute Gasteiger partial charge is 0.476 e. The Balaban J connectivity index is 2.74. The van der Waals surface area contributed by atoms with Crippen molar-refractivity contribution >= 4 is 11.9 Å². The molecule has 1 N–H and O–H groups in total. The SMILES string of the molecule is CN(C)C(=O)CCCn1nnc(C(=O)O)c1C(F)F. The molecule has 0 saturated heterocycles. The Morgan fingerprint density at radius 2 is 2.05 bits per heavy atom. The van der Waals surface area contributed by atoms with Crippen molar-refractivity contribution in [3.8, 4) is 0 Å². The molecule has 1 heterocycles. The van der Waals surface area contributed by atoms with E-state index in [1.54, 1.807) is 14.1 Å². The minimum Gasteiger partial charge on any atom is -0.476 e. The highest BCUT2D eigenvalue weighted by molar-refractivity contribution is 5.86. The van der Waals surface area contributed by atoms with E-state index in [4.69, 9.17) is 5.11 Å². The van der Waals surface area contributed by atoms with Crippen molar-refractivity contribution in [2.45, 2.75) is 25.8 Å². The van der Waals surface area contributed by atoms with Crippen LogP contribution in [0.25, 0.3) is 0 Å². The number of carbonyl (C=O) groups is 2. The van der Waals surface area contributed by atoms with Crippen molar-refractivity contribution in [2.75, 3.05) is 14.1 Å². The van der Waals surface area contributed by atoms with Crippen LogP contribution in [-0.2, 0) is 11.3 Å². The fraction of sp³-hybridized carbons (Fsp3) is 0.600. The van der Waals surface area contributed by atoms with E-state index >= 15 is 0 Å². The van der Waals surface area contributed by atoms with Crippen LogP contribution >= 0.6 is 0 Å². The molecule has 1 amide bonds. The van der Waals surface area contributed by atoms with Crippen LogP contribution in [0.2, 0.25) is 0 Å². The number of aromatic carboxylic acids is 1. The van der Waals surface area contributed by atoms with Gasteiger partial charge in [0.1, 0.15) is 5.69 Å². The summed E-state index contributed by atoms with van der Waals surface area (Å²) in [7, 11) is 3.18. The molecule has 0 aliphatic heterocycles. The van der Waals surface area contributed by atoms with Gasteiger partial charge in [0.2, 0.25) is 5.91 Å². The molecule has 0 saturated carbocycles. The van der Waals surface area contributed by atoms with Gasteiger partial charge in [-0.2, -0.15) is 0 Å². The molecule has 7 nitrogen and oxygen atoms in total. The van der Waals surface area contributed by atoms with E-state index in [9.17, 15) is 18.4 Å². The second-order valence-electron chi connectivity index (χ2n) is 4.04. The normalized spacial score (nSPS) is 10.8. The van der Waals surface area contributed by atoms with Gasteiger partial charge in [0.25, 0.3) is 6.43 Å². The number of nitrogens with zero attached hydrogens (tertiary/aromatic N) is 4. The lowest BCUT2D eigenvalue weighted by Gasteiger charge is -2.10. The number of aryl methyl sites for hydroxylation is 1. The van der Waals surface area contributed by atoms with Crippen LogP contribution in [0.15, 0.2) is 0 Å². The van der Waals surface area contributed by atoms with Crippen LogP contribution in [0.1, 0.15) is 35.4 Å². The predicted octanol–water partition coefficient (Wildman–Crippen LogP) is 0.782. The summed E-state index contributed by atoms with van der Waals surface area (Å²) in [5, 5.41) is 15.3. The maximum Gasteiger partial charge on any atom is 0.358 e. The number of halogens is 2. The van der Waals surface area contributed by atoms with Gasteiger partial charge in [-0.1, -0.05) is 5.21 Å². The van der Waals surface area contributed by atoms with Crippen molar-refractivity contribution in [1.29, 1.82) is 0 Å². The quantitative estimate of drug-likeness (QED) is 0.829. The Hall–Kier alpha value is -2.06. The molecule has 1 rings (SSSR count). The van der Waals surface area contributed by atoms with Gasteiger partial charge >= 0.3 is 5.97 Å². The molecule has 0 bridgehead atoms. The van der Waals surface area contributed by atoms with Gasteiger partial charge in [0.15, 0.2) is 5.69 Å².